The van der Waals surface area contributed by atoms with Crippen LogP contribution in [-0.2, 0) is 6.54 Å². The maximum Gasteiger partial charge on any atom is 0.0338 e. The van der Waals surface area contributed by atoms with Crippen molar-refractivity contribution in [2.45, 2.75) is 51.1 Å². The highest BCUT2D eigenvalue weighted by Crippen LogP contribution is 2.49. The highest BCUT2D eigenvalue weighted by atomic mass is 14.9. The lowest BCUT2D eigenvalue weighted by molar-refractivity contribution is 0.296. The number of rotatable bonds is 4. The average Bonchev–Trinajstić information content (AvgIpc) is 2.81. The standard InChI is InChI=1S/C16H24N2/c17-16(12-3-4-12)14-5-6-18(9-14)10-15-8-11-1-2-13(15)7-11/h5-6,9,11-13,15-16H,1-4,7-8,10,17H2. The first-order valence-corrected chi connectivity index (χ1v) is 7.71. The maximum atomic E-state index is 6.27. The molecule has 3 fully saturated rings. The van der Waals surface area contributed by atoms with Gasteiger partial charge in [-0.3, -0.25) is 0 Å². The van der Waals surface area contributed by atoms with E-state index in [0.29, 0.717) is 6.04 Å². The first-order chi connectivity index (χ1) is 8.79. The largest absolute Gasteiger partial charge is 0.354 e. The van der Waals surface area contributed by atoms with Gasteiger partial charge < -0.3 is 10.3 Å². The molecule has 1 heterocycles. The Hall–Kier alpha value is -0.760. The van der Waals surface area contributed by atoms with Crippen molar-refractivity contribution in [1.82, 2.24) is 4.57 Å². The van der Waals surface area contributed by atoms with Crippen LogP contribution in [0.5, 0.6) is 0 Å². The van der Waals surface area contributed by atoms with Crippen LogP contribution in [0.15, 0.2) is 18.5 Å². The molecule has 3 saturated carbocycles. The summed E-state index contributed by atoms with van der Waals surface area (Å²) in [5.41, 5.74) is 7.63. The molecule has 4 rings (SSSR count). The van der Waals surface area contributed by atoms with Gasteiger partial charge in [-0.05, 0) is 67.4 Å². The van der Waals surface area contributed by atoms with E-state index in [-0.39, 0.29) is 0 Å². The molecule has 2 nitrogen and oxygen atoms in total. The van der Waals surface area contributed by atoms with E-state index in [1.54, 1.807) is 0 Å². The third-order valence-electron chi connectivity index (χ3n) is 5.62. The Morgan fingerprint density at radius 3 is 2.78 bits per heavy atom. The smallest absolute Gasteiger partial charge is 0.0338 e. The van der Waals surface area contributed by atoms with Gasteiger partial charge in [0.1, 0.15) is 0 Å². The second kappa shape index (κ2) is 4.12. The molecule has 0 saturated heterocycles. The van der Waals surface area contributed by atoms with Gasteiger partial charge >= 0.3 is 0 Å². The molecule has 0 amide bonds. The summed E-state index contributed by atoms with van der Waals surface area (Å²) < 4.78 is 2.41. The number of nitrogens with two attached hydrogens (primary N) is 1. The SMILES string of the molecule is NC(c1ccn(CC2CC3CCC2C3)c1)C1CC1. The summed E-state index contributed by atoms with van der Waals surface area (Å²) in [5.74, 6) is 3.80. The zero-order chi connectivity index (χ0) is 12.1. The quantitative estimate of drug-likeness (QED) is 0.865. The van der Waals surface area contributed by atoms with E-state index in [9.17, 15) is 0 Å². The van der Waals surface area contributed by atoms with E-state index in [4.69, 9.17) is 5.73 Å². The van der Waals surface area contributed by atoms with Crippen LogP contribution in [-0.4, -0.2) is 4.57 Å². The van der Waals surface area contributed by atoms with Gasteiger partial charge in [0.2, 0.25) is 0 Å². The van der Waals surface area contributed by atoms with Crippen molar-refractivity contribution >= 4 is 0 Å². The van der Waals surface area contributed by atoms with Gasteiger partial charge in [0.25, 0.3) is 0 Å². The Labute approximate surface area is 110 Å². The number of hydrogen-bond donors (Lipinski definition) is 1. The van der Waals surface area contributed by atoms with Gasteiger partial charge in [-0.2, -0.15) is 0 Å². The molecule has 98 valence electrons. The Morgan fingerprint density at radius 2 is 2.11 bits per heavy atom. The van der Waals surface area contributed by atoms with Crippen LogP contribution in [0.3, 0.4) is 0 Å². The van der Waals surface area contributed by atoms with Gasteiger partial charge in [0.15, 0.2) is 0 Å². The minimum atomic E-state index is 0.297. The van der Waals surface area contributed by atoms with E-state index in [1.807, 2.05) is 0 Å². The topological polar surface area (TPSA) is 30.9 Å². The summed E-state index contributed by atoms with van der Waals surface area (Å²) in [6.07, 6.45) is 13.2. The summed E-state index contributed by atoms with van der Waals surface area (Å²) in [4.78, 5) is 0. The lowest BCUT2D eigenvalue weighted by atomic mass is 9.89. The van der Waals surface area contributed by atoms with Gasteiger partial charge in [-0.1, -0.05) is 6.42 Å². The molecule has 4 atom stereocenters. The van der Waals surface area contributed by atoms with Crippen molar-refractivity contribution < 1.29 is 0 Å². The zero-order valence-electron chi connectivity index (χ0n) is 11.1. The fourth-order valence-electron chi connectivity index (χ4n) is 4.37. The predicted molar refractivity (Wildman–Crippen MR) is 73.0 cm³/mol. The second-order valence-corrected chi connectivity index (χ2v) is 6.94. The van der Waals surface area contributed by atoms with E-state index >= 15 is 0 Å². The van der Waals surface area contributed by atoms with E-state index in [2.05, 4.69) is 23.0 Å². The summed E-state index contributed by atoms with van der Waals surface area (Å²) in [5, 5.41) is 0. The van der Waals surface area contributed by atoms with Crippen molar-refractivity contribution in [3.63, 3.8) is 0 Å². The van der Waals surface area contributed by atoms with Crippen molar-refractivity contribution in [3.05, 3.63) is 24.0 Å². The van der Waals surface area contributed by atoms with Crippen molar-refractivity contribution in [1.29, 1.82) is 0 Å². The Kier molecular flexibility index (Phi) is 2.54. The fourth-order valence-corrected chi connectivity index (χ4v) is 4.37. The lowest BCUT2D eigenvalue weighted by Crippen LogP contribution is -2.16. The van der Waals surface area contributed by atoms with Crippen molar-refractivity contribution in [3.8, 4) is 0 Å². The van der Waals surface area contributed by atoms with Crippen LogP contribution in [0.1, 0.15) is 50.1 Å². The van der Waals surface area contributed by atoms with Crippen molar-refractivity contribution in [2.75, 3.05) is 0 Å². The Bertz CT molecular complexity index is 432. The minimum absolute atomic E-state index is 0.297. The fraction of sp³-hybridized carbons (Fsp3) is 0.750. The van der Waals surface area contributed by atoms with Crippen LogP contribution in [0, 0.1) is 23.7 Å². The highest BCUT2D eigenvalue weighted by molar-refractivity contribution is 5.17. The van der Waals surface area contributed by atoms with Crippen LogP contribution in [0.2, 0.25) is 0 Å². The lowest BCUT2D eigenvalue weighted by Gasteiger charge is -2.22. The third-order valence-corrected chi connectivity index (χ3v) is 5.62. The summed E-state index contributed by atoms with van der Waals surface area (Å²) >= 11 is 0. The molecular formula is C16H24N2. The summed E-state index contributed by atoms with van der Waals surface area (Å²) in [6.45, 7) is 1.23. The molecular weight excluding hydrogens is 220 g/mol. The van der Waals surface area contributed by atoms with E-state index in [1.165, 1.54) is 50.6 Å². The van der Waals surface area contributed by atoms with E-state index in [0.717, 1.165) is 23.7 Å². The number of hydrogen-bond acceptors (Lipinski definition) is 1. The molecule has 0 aliphatic heterocycles. The number of fused-ring (bicyclic) bond motifs is 2. The highest BCUT2D eigenvalue weighted by Gasteiger charge is 2.39. The van der Waals surface area contributed by atoms with Crippen LogP contribution in [0.4, 0.5) is 0 Å². The molecule has 2 N–H and O–H groups in total. The Morgan fingerprint density at radius 1 is 1.22 bits per heavy atom. The van der Waals surface area contributed by atoms with Crippen LogP contribution in [0.25, 0.3) is 0 Å². The first kappa shape index (κ1) is 11.1. The molecule has 1 aromatic heterocycles. The predicted octanol–water partition coefficient (Wildman–Crippen LogP) is 3.33. The minimum Gasteiger partial charge on any atom is -0.354 e. The van der Waals surface area contributed by atoms with Crippen LogP contribution < -0.4 is 5.73 Å². The molecule has 4 unspecified atom stereocenters. The monoisotopic (exact) mass is 244 g/mol. The van der Waals surface area contributed by atoms with E-state index < -0.39 is 0 Å². The van der Waals surface area contributed by atoms with Gasteiger partial charge in [0, 0.05) is 25.0 Å². The molecule has 0 radical (unpaired) electrons. The number of nitrogens with zero attached hydrogens (tertiary/aromatic N) is 1. The summed E-state index contributed by atoms with van der Waals surface area (Å²) in [6, 6.07) is 2.54. The normalized spacial score (nSPS) is 36.2. The molecule has 2 bridgehead atoms. The average molecular weight is 244 g/mol. The van der Waals surface area contributed by atoms with Crippen LogP contribution >= 0.6 is 0 Å². The first-order valence-electron chi connectivity index (χ1n) is 7.71. The zero-order valence-corrected chi connectivity index (χ0v) is 11.1. The molecule has 0 aromatic carbocycles. The molecule has 1 aromatic rings. The number of aromatic nitrogens is 1. The second-order valence-electron chi connectivity index (χ2n) is 6.94. The molecule has 3 aliphatic rings. The van der Waals surface area contributed by atoms with Crippen molar-refractivity contribution in [2.24, 2.45) is 29.4 Å². The summed E-state index contributed by atoms with van der Waals surface area (Å²) in [7, 11) is 0. The molecule has 0 spiro atoms. The molecule has 2 heteroatoms. The van der Waals surface area contributed by atoms with Gasteiger partial charge in [-0.25, -0.2) is 0 Å². The maximum absolute atomic E-state index is 6.27. The van der Waals surface area contributed by atoms with Gasteiger partial charge in [0.05, 0.1) is 0 Å². The third kappa shape index (κ3) is 1.91. The van der Waals surface area contributed by atoms with Gasteiger partial charge in [-0.15, -0.1) is 0 Å². The molecule has 18 heavy (non-hydrogen) atoms. The Balaban J connectivity index is 1.42. The molecule has 3 aliphatic carbocycles.